The van der Waals surface area contributed by atoms with Crippen LogP contribution in [0.4, 0.5) is 0 Å². The summed E-state index contributed by atoms with van der Waals surface area (Å²) in [6.45, 7) is 4.83. The monoisotopic (exact) mass is 448 g/mol. The maximum absolute atomic E-state index is 5.80. The van der Waals surface area contributed by atoms with Crippen molar-refractivity contribution in [1.82, 2.24) is 15.6 Å². The maximum atomic E-state index is 5.80. The molecule has 0 spiro atoms. The molecule has 128 valence electrons. The van der Waals surface area contributed by atoms with Crippen molar-refractivity contribution in [2.75, 3.05) is 19.6 Å². The van der Waals surface area contributed by atoms with Crippen molar-refractivity contribution >= 4 is 41.5 Å². The van der Waals surface area contributed by atoms with E-state index < -0.39 is 0 Å². The van der Waals surface area contributed by atoms with Crippen LogP contribution in [0.25, 0.3) is 0 Å². The molecule has 0 aliphatic heterocycles. The van der Waals surface area contributed by atoms with E-state index in [1.54, 1.807) is 0 Å². The van der Waals surface area contributed by atoms with Gasteiger partial charge in [0.1, 0.15) is 5.15 Å². The van der Waals surface area contributed by atoms with E-state index in [1.165, 1.54) is 31.2 Å². The van der Waals surface area contributed by atoms with E-state index in [4.69, 9.17) is 16.6 Å². The largest absolute Gasteiger partial charge is 0.357 e. The van der Waals surface area contributed by atoms with E-state index in [9.17, 15) is 0 Å². The highest BCUT2D eigenvalue weighted by molar-refractivity contribution is 14.0. The zero-order valence-electron chi connectivity index (χ0n) is 13.6. The van der Waals surface area contributed by atoms with Gasteiger partial charge in [-0.25, -0.2) is 4.98 Å². The van der Waals surface area contributed by atoms with Crippen molar-refractivity contribution < 1.29 is 0 Å². The van der Waals surface area contributed by atoms with Gasteiger partial charge in [0, 0.05) is 25.8 Å². The maximum Gasteiger partial charge on any atom is 0.191 e. The Balaban J connectivity index is 0.00000192. The van der Waals surface area contributed by atoms with E-state index in [0.717, 1.165) is 37.9 Å². The van der Waals surface area contributed by atoms with Gasteiger partial charge >= 0.3 is 0 Å². The van der Waals surface area contributed by atoms with Gasteiger partial charge in [0.05, 0.1) is 0 Å². The first-order valence-electron chi connectivity index (χ1n) is 8.34. The van der Waals surface area contributed by atoms with Crippen molar-refractivity contribution in [1.29, 1.82) is 0 Å². The molecular weight excluding hydrogens is 423 g/mol. The lowest BCUT2D eigenvalue weighted by molar-refractivity contribution is 0.452. The fourth-order valence-corrected chi connectivity index (χ4v) is 3.12. The SMILES string of the molecule is CCNC(=NCC1(C2CC2)CC1)NCCc1ccc(Cl)nc1.I. The molecule has 0 radical (unpaired) electrons. The third-order valence-electron chi connectivity index (χ3n) is 4.73. The molecule has 2 fully saturated rings. The molecule has 23 heavy (non-hydrogen) atoms. The topological polar surface area (TPSA) is 49.3 Å². The van der Waals surface area contributed by atoms with Crippen LogP contribution in [0.1, 0.15) is 38.2 Å². The summed E-state index contributed by atoms with van der Waals surface area (Å²) in [7, 11) is 0. The van der Waals surface area contributed by atoms with Crippen LogP contribution in [-0.2, 0) is 6.42 Å². The summed E-state index contributed by atoms with van der Waals surface area (Å²) in [5, 5.41) is 7.30. The summed E-state index contributed by atoms with van der Waals surface area (Å²) < 4.78 is 0. The van der Waals surface area contributed by atoms with Gasteiger partial charge in [-0.05, 0) is 62.0 Å². The van der Waals surface area contributed by atoms with Gasteiger partial charge in [-0.3, -0.25) is 4.99 Å². The summed E-state index contributed by atoms with van der Waals surface area (Å²) in [5.41, 5.74) is 1.74. The molecule has 0 unspecified atom stereocenters. The second-order valence-corrected chi connectivity index (χ2v) is 6.89. The molecule has 6 heteroatoms. The van der Waals surface area contributed by atoms with Crippen LogP contribution in [0, 0.1) is 11.3 Å². The summed E-state index contributed by atoms with van der Waals surface area (Å²) in [5.74, 6) is 1.90. The molecular formula is C17H26ClIN4. The molecule has 2 N–H and O–H groups in total. The van der Waals surface area contributed by atoms with Gasteiger partial charge in [0.2, 0.25) is 0 Å². The summed E-state index contributed by atoms with van der Waals surface area (Å²) >= 11 is 5.80. The van der Waals surface area contributed by atoms with Gasteiger partial charge in [0.15, 0.2) is 5.96 Å². The van der Waals surface area contributed by atoms with Crippen molar-refractivity contribution in [3.8, 4) is 0 Å². The molecule has 1 aromatic rings. The molecule has 2 aliphatic carbocycles. The highest BCUT2D eigenvalue weighted by Gasteiger charge is 2.53. The lowest BCUT2D eigenvalue weighted by atomic mass is 10.0. The third kappa shape index (κ3) is 5.48. The fourth-order valence-electron chi connectivity index (χ4n) is 3.01. The number of guanidine groups is 1. The first kappa shape index (κ1) is 18.8. The number of aromatic nitrogens is 1. The third-order valence-corrected chi connectivity index (χ3v) is 4.95. The Morgan fingerprint density at radius 1 is 1.35 bits per heavy atom. The minimum absolute atomic E-state index is 0. The molecule has 0 aromatic carbocycles. The highest BCUT2D eigenvalue weighted by atomic mass is 127. The second kappa shape index (κ2) is 8.51. The minimum atomic E-state index is 0. The Hall–Kier alpha value is -0.560. The van der Waals surface area contributed by atoms with E-state index in [-0.39, 0.29) is 24.0 Å². The van der Waals surface area contributed by atoms with Crippen molar-refractivity contribution in [2.24, 2.45) is 16.3 Å². The second-order valence-electron chi connectivity index (χ2n) is 6.50. The standard InChI is InChI=1S/C17H25ClN4.HI/c1-2-19-16(22-12-17(8-9-17)14-4-5-14)20-10-7-13-3-6-15(18)21-11-13;/h3,6,11,14H,2,4-5,7-10,12H2,1H3,(H2,19,20,22);1H. The molecule has 1 aromatic heterocycles. The number of nitrogens with zero attached hydrogens (tertiary/aromatic N) is 2. The minimum Gasteiger partial charge on any atom is -0.357 e. The molecule has 0 atom stereocenters. The van der Waals surface area contributed by atoms with Crippen LogP contribution in [0.2, 0.25) is 5.15 Å². The Morgan fingerprint density at radius 2 is 2.13 bits per heavy atom. The van der Waals surface area contributed by atoms with Crippen LogP contribution in [-0.4, -0.2) is 30.6 Å². The van der Waals surface area contributed by atoms with Crippen LogP contribution in [0.15, 0.2) is 23.3 Å². The molecule has 3 rings (SSSR count). The molecule has 1 heterocycles. The molecule has 4 nitrogen and oxygen atoms in total. The number of aliphatic imine (C=N–C) groups is 1. The van der Waals surface area contributed by atoms with Gasteiger partial charge in [0.25, 0.3) is 0 Å². The van der Waals surface area contributed by atoms with Crippen molar-refractivity contribution in [2.45, 2.75) is 39.0 Å². The molecule has 0 amide bonds. The predicted octanol–water partition coefficient (Wildman–Crippen LogP) is 3.64. The van der Waals surface area contributed by atoms with E-state index in [0.29, 0.717) is 10.6 Å². The number of pyridine rings is 1. The highest BCUT2D eigenvalue weighted by Crippen LogP contribution is 2.61. The van der Waals surface area contributed by atoms with Gasteiger partial charge in [-0.15, -0.1) is 24.0 Å². The fraction of sp³-hybridized carbons (Fsp3) is 0.647. The number of nitrogens with one attached hydrogen (secondary N) is 2. The molecule has 2 aliphatic rings. The van der Waals surface area contributed by atoms with E-state index in [1.807, 2.05) is 18.3 Å². The quantitative estimate of drug-likeness (QED) is 0.290. The lowest BCUT2D eigenvalue weighted by Gasteiger charge is -2.14. The van der Waals surface area contributed by atoms with Crippen LogP contribution in [0.5, 0.6) is 0 Å². The Labute approximate surface area is 160 Å². The zero-order valence-corrected chi connectivity index (χ0v) is 16.7. The molecule has 0 bridgehead atoms. The number of hydrogen-bond acceptors (Lipinski definition) is 2. The van der Waals surface area contributed by atoms with Gasteiger partial charge < -0.3 is 10.6 Å². The smallest absolute Gasteiger partial charge is 0.191 e. The number of halogens is 2. The average molecular weight is 449 g/mol. The Bertz CT molecular complexity index is 524. The zero-order chi connectivity index (χ0) is 15.4. The number of rotatable bonds is 7. The number of hydrogen-bond donors (Lipinski definition) is 2. The van der Waals surface area contributed by atoms with Gasteiger partial charge in [-0.2, -0.15) is 0 Å². The molecule has 2 saturated carbocycles. The van der Waals surface area contributed by atoms with Crippen LogP contribution < -0.4 is 10.6 Å². The first-order chi connectivity index (χ1) is 10.7. The Kier molecular flexibility index (Phi) is 6.95. The summed E-state index contributed by atoms with van der Waals surface area (Å²) in [6, 6.07) is 3.86. The van der Waals surface area contributed by atoms with Crippen molar-refractivity contribution in [3.05, 3.63) is 29.0 Å². The first-order valence-corrected chi connectivity index (χ1v) is 8.72. The Morgan fingerprint density at radius 3 is 2.70 bits per heavy atom. The molecule has 0 saturated heterocycles. The lowest BCUT2D eigenvalue weighted by Crippen LogP contribution is -2.38. The van der Waals surface area contributed by atoms with Gasteiger partial charge in [-0.1, -0.05) is 17.7 Å². The predicted molar refractivity (Wildman–Crippen MR) is 107 cm³/mol. The van der Waals surface area contributed by atoms with E-state index >= 15 is 0 Å². The van der Waals surface area contributed by atoms with Crippen molar-refractivity contribution in [3.63, 3.8) is 0 Å². The summed E-state index contributed by atoms with van der Waals surface area (Å²) in [4.78, 5) is 8.92. The van der Waals surface area contributed by atoms with Crippen LogP contribution in [0.3, 0.4) is 0 Å². The van der Waals surface area contributed by atoms with Crippen LogP contribution >= 0.6 is 35.6 Å². The van der Waals surface area contributed by atoms with E-state index in [2.05, 4.69) is 22.5 Å². The summed E-state index contributed by atoms with van der Waals surface area (Å²) in [6.07, 6.45) is 8.34. The average Bonchev–Trinajstić information content (AvgIpc) is 3.38. The normalized spacial score (nSPS) is 19.0.